The molecule has 19 heavy (non-hydrogen) atoms. The Morgan fingerprint density at radius 2 is 1.95 bits per heavy atom. The minimum absolute atomic E-state index is 0.272. The van der Waals surface area contributed by atoms with Crippen molar-refractivity contribution in [2.24, 2.45) is 0 Å². The summed E-state index contributed by atoms with van der Waals surface area (Å²) in [5.74, 6) is 0.749. The Morgan fingerprint density at radius 1 is 1.11 bits per heavy atom. The van der Waals surface area contributed by atoms with E-state index < -0.39 is 5.69 Å². The minimum atomic E-state index is -0.393. The number of nitrogens with one attached hydrogen (secondary N) is 1. The number of benzene rings is 1. The van der Waals surface area contributed by atoms with Crippen LogP contribution in [0.1, 0.15) is 5.76 Å². The zero-order valence-electron chi connectivity index (χ0n) is 10.1. The number of fused-ring (bicyclic) bond motifs is 1. The van der Waals surface area contributed by atoms with Gasteiger partial charge in [-0.2, -0.15) is 0 Å². The SMILES string of the molecule is O=c1[nH]c2ccccc2c(=O)n1CCc1ccco1. The van der Waals surface area contributed by atoms with Crippen LogP contribution in [0, 0.1) is 0 Å². The lowest BCUT2D eigenvalue weighted by Gasteiger charge is -2.05. The second-order valence-electron chi connectivity index (χ2n) is 4.26. The molecule has 0 spiro atoms. The quantitative estimate of drug-likeness (QED) is 0.772. The van der Waals surface area contributed by atoms with Gasteiger partial charge < -0.3 is 9.40 Å². The molecular weight excluding hydrogens is 244 g/mol. The van der Waals surface area contributed by atoms with Gasteiger partial charge in [-0.3, -0.25) is 9.36 Å². The van der Waals surface area contributed by atoms with Gasteiger partial charge in [0.15, 0.2) is 0 Å². The average molecular weight is 256 g/mol. The molecule has 0 saturated carbocycles. The third-order valence-corrected chi connectivity index (χ3v) is 3.05. The number of para-hydroxylation sites is 1. The molecule has 0 unspecified atom stereocenters. The molecule has 0 atom stereocenters. The van der Waals surface area contributed by atoms with Crippen molar-refractivity contribution in [1.82, 2.24) is 9.55 Å². The van der Waals surface area contributed by atoms with Gasteiger partial charge in [0.2, 0.25) is 0 Å². The minimum Gasteiger partial charge on any atom is -0.469 e. The molecular formula is C14H12N2O3. The first-order chi connectivity index (χ1) is 9.25. The van der Waals surface area contributed by atoms with Gasteiger partial charge in [-0.25, -0.2) is 4.79 Å². The van der Waals surface area contributed by atoms with Crippen molar-refractivity contribution in [2.45, 2.75) is 13.0 Å². The van der Waals surface area contributed by atoms with Gasteiger partial charge in [0, 0.05) is 13.0 Å². The van der Waals surface area contributed by atoms with Gasteiger partial charge in [-0.1, -0.05) is 12.1 Å². The fourth-order valence-electron chi connectivity index (χ4n) is 2.08. The second kappa shape index (κ2) is 4.61. The van der Waals surface area contributed by atoms with Crippen LogP contribution in [-0.2, 0) is 13.0 Å². The van der Waals surface area contributed by atoms with E-state index in [1.165, 1.54) is 4.57 Å². The van der Waals surface area contributed by atoms with Gasteiger partial charge in [0.25, 0.3) is 5.56 Å². The van der Waals surface area contributed by atoms with Crippen LogP contribution in [0.5, 0.6) is 0 Å². The number of aromatic amines is 1. The van der Waals surface area contributed by atoms with E-state index in [4.69, 9.17) is 4.42 Å². The number of hydrogen-bond acceptors (Lipinski definition) is 3. The Balaban J connectivity index is 2.04. The Hall–Kier alpha value is -2.56. The topological polar surface area (TPSA) is 68.0 Å². The summed E-state index contributed by atoms with van der Waals surface area (Å²) in [5, 5.41) is 0.515. The Kier molecular flexibility index (Phi) is 2.79. The van der Waals surface area contributed by atoms with E-state index in [9.17, 15) is 9.59 Å². The molecule has 0 fully saturated rings. The molecule has 2 aromatic heterocycles. The normalized spacial score (nSPS) is 10.9. The first-order valence-corrected chi connectivity index (χ1v) is 6.00. The highest BCUT2D eigenvalue weighted by Crippen LogP contribution is 2.04. The van der Waals surface area contributed by atoms with E-state index in [2.05, 4.69) is 4.98 Å². The molecule has 3 aromatic rings. The Bertz CT molecular complexity index is 813. The number of H-pyrrole nitrogens is 1. The number of aromatic nitrogens is 2. The van der Waals surface area contributed by atoms with E-state index >= 15 is 0 Å². The molecule has 0 aliphatic heterocycles. The van der Waals surface area contributed by atoms with E-state index in [-0.39, 0.29) is 5.56 Å². The van der Waals surface area contributed by atoms with E-state index in [0.29, 0.717) is 23.9 Å². The first kappa shape index (κ1) is 11.5. The van der Waals surface area contributed by atoms with Gasteiger partial charge in [0.1, 0.15) is 5.76 Å². The molecule has 96 valence electrons. The van der Waals surface area contributed by atoms with Crippen molar-refractivity contribution in [3.05, 3.63) is 69.3 Å². The smallest absolute Gasteiger partial charge is 0.328 e. The zero-order valence-corrected chi connectivity index (χ0v) is 10.1. The highest BCUT2D eigenvalue weighted by molar-refractivity contribution is 5.76. The van der Waals surface area contributed by atoms with Crippen LogP contribution in [-0.4, -0.2) is 9.55 Å². The summed E-state index contributed by atoms with van der Waals surface area (Å²) in [4.78, 5) is 26.8. The molecule has 2 heterocycles. The van der Waals surface area contributed by atoms with Crippen molar-refractivity contribution >= 4 is 10.9 Å². The fraction of sp³-hybridized carbons (Fsp3) is 0.143. The van der Waals surface area contributed by atoms with Crippen molar-refractivity contribution in [3.8, 4) is 0 Å². The van der Waals surface area contributed by atoms with Crippen LogP contribution in [0.3, 0.4) is 0 Å². The number of aryl methyl sites for hydroxylation is 1. The largest absolute Gasteiger partial charge is 0.469 e. The summed E-state index contributed by atoms with van der Waals surface area (Å²) in [6, 6.07) is 10.6. The molecule has 3 rings (SSSR count). The second-order valence-corrected chi connectivity index (χ2v) is 4.26. The lowest BCUT2D eigenvalue weighted by atomic mass is 10.2. The standard InChI is InChI=1S/C14H12N2O3/c17-13-11-5-1-2-6-12(11)15-14(18)16(13)8-7-10-4-3-9-19-10/h1-6,9H,7-8H2,(H,15,18). The Labute approximate surface area is 108 Å². The monoisotopic (exact) mass is 256 g/mol. The highest BCUT2D eigenvalue weighted by Gasteiger charge is 2.07. The van der Waals surface area contributed by atoms with Gasteiger partial charge in [-0.05, 0) is 24.3 Å². The molecule has 0 aliphatic rings. The van der Waals surface area contributed by atoms with Crippen molar-refractivity contribution in [1.29, 1.82) is 0 Å². The summed E-state index contributed by atoms with van der Waals surface area (Å²) in [6.07, 6.45) is 2.08. The van der Waals surface area contributed by atoms with Crippen LogP contribution in [0.4, 0.5) is 0 Å². The van der Waals surface area contributed by atoms with Gasteiger partial charge in [-0.15, -0.1) is 0 Å². The number of nitrogens with zero attached hydrogens (tertiary/aromatic N) is 1. The fourth-order valence-corrected chi connectivity index (χ4v) is 2.08. The molecule has 0 amide bonds. The van der Waals surface area contributed by atoms with Crippen LogP contribution in [0.2, 0.25) is 0 Å². The van der Waals surface area contributed by atoms with E-state index in [1.54, 1.807) is 36.6 Å². The van der Waals surface area contributed by atoms with E-state index in [0.717, 1.165) is 5.76 Å². The third kappa shape index (κ3) is 2.10. The molecule has 0 aliphatic carbocycles. The first-order valence-electron chi connectivity index (χ1n) is 6.00. The summed E-state index contributed by atoms with van der Waals surface area (Å²) in [7, 11) is 0. The molecule has 0 bridgehead atoms. The predicted octanol–water partition coefficient (Wildman–Crippen LogP) is 1.53. The van der Waals surface area contributed by atoms with Gasteiger partial charge >= 0.3 is 5.69 Å². The maximum atomic E-state index is 12.2. The van der Waals surface area contributed by atoms with Crippen LogP contribution in [0.15, 0.2) is 56.7 Å². The molecule has 0 radical (unpaired) electrons. The highest BCUT2D eigenvalue weighted by atomic mass is 16.3. The predicted molar refractivity (Wildman–Crippen MR) is 71.2 cm³/mol. The third-order valence-electron chi connectivity index (χ3n) is 3.05. The van der Waals surface area contributed by atoms with Crippen LogP contribution < -0.4 is 11.2 Å². The molecule has 5 heteroatoms. The van der Waals surface area contributed by atoms with Crippen LogP contribution >= 0.6 is 0 Å². The average Bonchev–Trinajstić information content (AvgIpc) is 2.92. The Morgan fingerprint density at radius 3 is 2.74 bits per heavy atom. The summed E-state index contributed by atoms with van der Waals surface area (Å²) in [6.45, 7) is 0.298. The lowest BCUT2D eigenvalue weighted by Crippen LogP contribution is -2.35. The molecule has 1 aromatic carbocycles. The zero-order chi connectivity index (χ0) is 13.2. The lowest BCUT2D eigenvalue weighted by molar-refractivity contribution is 0.484. The molecule has 1 N–H and O–H groups in total. The van der Waals surface area contributed by atoms with Crippen molar-refractivity contribution in [2.75, 3.05) is 0 Å². The number of rotatable bonds is 3. The summed E-state index contributed by atoms with van der Waals surface area (Å²) in [5.41, 5.74) is -0.104. The van der Waals surface area contributed by atoms with Crippen molar-refractivity contribution < 1.29 is 4.42 Å². The van der Waals surface area contributed by atoms with Gasteiger partial charge in [0.05, 0.1) is 17.2 Å². The summed E-state index contributed by atoms with van der Waals surface area (Å²) < 4.78 is 6.39. The maximum Gasteiger partial charge on any atom is 0.328 e. The summed E-state index contributed by atoms with van der Waals surface area (Å²) >= 11 is 0. The van der Waals surface area contributed by atoms with Crippen LogP contribution in [0.25, 0.3) is 10.9 Å². The number of furan rings is 1. The van der Waals surface area contributed by atoms with Crippen molar-refractivity contribution in [3.63, 3.8) is 0 Å². The molecule has 5 nitrogen and oxygen atoms in total. The number of hydrogen-bond donors (Lipinski definition) is 1. The maximum absolute atomic E-state index is 12.2. The molecule has 0 saturated heterocycles. The van der Waals surface area contributed by atoms with E-state index in [1.807, 2.05) is 6.07 Å².